The number of carbonyl (C=O) groups is 2. The van der Waals surface area contributed by atoms with Gasteiger partial charge in [-0.05, 0) is 29.7 Å². The van der Waals surface area contributed by atoms with Gasteiger partial charge in [-0.25, -0.2) is 4.79 Å². The van der Waals surface area contributed by atoms with E-state index in [1.165, 1.54) is 0 Å². The number of fused-ring (bicyclic) bond motifs is 3. The van der Waals surface area contributed by atoms with Crippen molar-refractivity contribution in [2.45, 2.75) is 0 Å². The van der Waals surface area contributed by atoms with Crippen LogP contribution in [0.3, 0.4) is 0 Å². The summed E-state index contributed by atoms with van der Waals surface area (Å²) < 4.78 is 10.4. The number of aliphatic carboxylic acids is 1. The fourth-order valence-corrected chi connectivity index (χ4v) is 2.25. The van der Waals surface area contributed by atoms with Gasteiger partial charge in [0.2, 0.25) is 0 Å². The average molecular weight is 312 g/mol. The topological polar surface area (TPSA) is 102 Å². The zero-order chi connectivity index (χ0) is 16.6. The van der Waals surface area contributed by atoms with Gasteiger partial charge in [-0.3, -0.25) is 4.79 Å². The van der Waals surface area contributed by atoms with E-state index in [1.54, 1.807) is 31.4 Å². The Balaban J connectivity index is 2.07. The van der Waals surface area contributed by atoms with Crippen molar-refractivity contribution < 1.29 is 24.0 Å². The van der Waals surface area contributed by atoms with Crippen LogP contribution in [0.5, 0.6) is 5.75 Å². The molecular weight excluding hydrogens is 300 g/mol. The third kappa shape index (κ3) is 2.48. The second-order valence-corrected chi connectivity index (χ2v) is 4.80. The van der Waals surface area contributed by atoms with Gasteiger partial charge in [0, 0.05) is 5.39 Å². The molecule has 3 rings (SSSR count). The first-order valence-corrected chi connectivity index (χ1v) is 6.61. The summed E-state index contributed by atoms with van der Waals surface area (Å²) in [7, 11) is 1.58. The molecule has 0 aliphatic heterocycles. The van der Waals surface area contributed by atoms with Crippen molar-refractivity contribution >= 4 is 33.6 Å². The van der Waals surface area contributed by atoms with E-state index in [0.717, 1.165) is 10.8 Å². The molecule has 7 nitrogen and oxygen atoms in total. The third-order valence-corrected chi connectivity index (χ3v) is 3.40. The fraction of sp³-hybridized carbons (Fsp3) is 0.0625. The lowest BCUT2D eigenvalue weighted by Crippen LogP contribution is -2.26. The zero-order valence-electron chi connectivity index (χ0n) is 12.1. The quantitative estimate of drug-likeness (QED) is 0.717. The number of amides is 1. The Morgan fingerprint density at radius 1 is 1.26 bits per heavy atom. The van der Waals surface area contributed by atoms with Crippen LogP contribution in [0.1, 0.15) is 10.5 Å². The van der Waals surface area contributed by atoms with Crippen molar-refractivity contribution in [3.8, 4) is 5.75 Å². The Morgan fingerprint density at radius 3 is 2.70 bits per heavy atom. The molecule has 1 aromatic heterocycles. The minimum atomic E-state index is -1.32. The molecule has 0 atom stereocenters. The Kier molecular flexibility index (Phi) is 3.46. The number of rotatable bonds is 4. The summed E-state index contributed by atoms with van der Waals surface area (Å²) in [6.45, 7) is 3.25. The fourth-order valence-electron chi connectivity index (χ4n) is 2.25. The molecule has 116 valence electrons. The molecule has 3 aromatic rings. The first-order chi connectivity index (χ1) is 11.0. The number of hydrogen-bond donors (Lipinski definition) is 2. The second kappa shape index (κ2) is 5.45. The molecule has 0 radical (unpaired) electrons. The van der Waals surface area contributed by atoms with Crippen LogP contribution < -0.4 is 10.1 Å². The first-order valence-electron chi connectivity index (χ1n) is 6.61. The highest BCUT2D eigenvalue weighted by Crippen LogP contribution is 2.30. The maximum Gasteiger partial charge on any atom is 0.351 e. The minimum Gasteiger partial charge on any atom is -0.497 e. The maximum absolute atomic E-state index is 12.1. The SMILES string of the molecule is C=C(NC(=O)c1noc2c1ccc1cc(OC)ccc12)C(=O)O. The Hall–Kier alpha value is -3.35. The van der Waals surface area contributed by atoms with Crippen LogP contribution in [0.25, 0.3) is 21.7 Å². The molecule has 23 heavy (non-hydrogen) atoms. The number of hydrogen-bond acceptors (Lipinski definition) is 5. The largest absolute Gasteiger partial charge is 0.497 e. The van der Waals surface area contributed by atoms with Crippen molar-refractivity contribution in [1.29, 1.82) is 0 Å². The summed E-state index contributed by atoms with van der Waals surface area (Å²) in [5, 5.41) is 16.8. The Morgan fingerprint density at radius 2 is 2.00 bits per heavy atom. The lowest BCUT2D eigenvalue weighted by molar-refractivity contribution is -0.132. The van der Waals surface area contributed by atoms with E-state index in [4.69, 9.17) is 14.4 Å². The number of methoxy groups -OCH3 is 1. The Bertz CT molecular complexity index is 958. The molecular formula is C16H12N2O5. The molecule has 7 heteroatoms. The van der Waals surface area contributed by atoms with Crippen LogP contribution in [-0.4, -0.2) is 29.2 Å². The summed E-state index contributed by atoms with van der Waals surface area (Å²) in [5.74, 6) is -1.31. The van der Waals surface area contributed by atoms with Crippen LogP contribution in [0.4, 0.5) is 0 Å². The molecule has 0 bridgehead atoms. The van der Waals surface area contributed by atoms with Gasteiger partial charge in [-0.2, -0.15) is 0 Å². The summed E-state index contributed by atoms with van der Waals surface area (Å²) in [5.41, 5.74) is 0.00744. The van der Waals surface area contributed by atoms with Gasteiger partial charge in [0.15, 0.2) is 11.3 Å². The molecule has 0 saturated carbocycles. The van der Waals surface area contributed by atoms with Crippen molar-refractivity contribution in [2.24, 2.45) is 0 Å². The number of nitrogens with zero attached hydrogens (tertiary/aromatic N) is 1. The highest BCUT2D eigenvalue weighted by molar-refractivity contribution is 6.13. The number of nitrogens with one attached hydrogen (secondary N) is 1. The van der Waals surface area contributed by atoms with Gasteiger partial charge in [0.1, 0.15) is 11.4 Å². The van der Waals surface area contributed by atoms with Crippen LogP contribution in [0, 0.1) is 0 Å². The predicted molar refractivity (Wildman–Crippen MR) is 82.3 cm³/mol. The lowest BCUT2D eigenvalue weighted by Gasteiger charge is -2.03. The van der Waals surface area contributed by atoms with Crippen LogP contribution >= 0.6 is 0 Å². The zero-order valence-corrected chi connectivity index (χ0v) is 12.1. The summed E-state index contributed by atoms with van der Waals surface area (Å²) in [4.78, 5) is 22.8. The summed E-state index contributed by atoms with van der Waals surface area (Å²) >= 11 is 0. The molecule has 2 N–H and O–H groups in total. The molecule has 0 spiro atoms. The molecule has 0 saturated heterocycles. The molecule has 0 aliphatic rings. The summed E-state index contributed by atoms with van der Waals surface area (Å²) in [6.07, 6.45) is 0. The number of carbonyl (C=O) groups excluding carboxylic acids is 1. The van der Waals surface area contributed by atoms with Gasteiger partial charge in [0.25, 0.3) is 5.91 Å². The second-order valence-electron chi connectivity index (χ2n) is 4.80. The molecule has 0 fully saturated rings. The molecule has 0 unspecified atom stereocenters. The lowest BCUT2D eigenvalue weighted by atomic mass is 10.1. The molecule has 1 amide bonds. The van der Waals surface area contributed by atoms with Crippen molar-refractivity contribution in [3.05, 3.63) is 48.3 Å². The van der Waals surface area contributed by atoms with Crippen molar-refractivity contribution in [3.63, 3.8) is 0 Å². The molecule has 2 aromatic carbocycles. The van der Waals surface area contributed by atoms with E-state index in [1.807, 2.05) is 6.07 Å². The Labute approximate surface area is 130 Å². The monoisotopic (exact) mass is 312 g/mol. The number of ether oxygens (including phenoxy) is 1. The number of aromatic nitrogens is 1. The van der Waals surface area contributed by atoms with Crippen LogP contribution in [-0.2, 0) is 4.79 Å². The van der Waals surface area contributed by atoms with Crippen molar-refractivity contribution in [2.75, 3.05) is 7.11 Å². The standard InChI is InChI=1S/C16H12N2O5/c1-8(16(20)21)17-15(19)13-12-5-3-9-7-10(22-2)4-6-11(9)14(12)23-18-13/h3-7H,1H2,2H3,(H,17,19)(H,20,21). The van der Waals surface area contributed by atoms with Crippen LogP contribution in [0.15, 0.2) is 47.1 Å². The van der Waals surface area contributed by atoms with E-state index in [2.05, 4.69) is 17.1 Å². The normalized spacial score (nSPS) is 10.7. The average Bonchev–Trinajstić information content (AvgIpc) is 2.98. The van der Waals surface area contributed by atoms with Crippen molar-refractivity contribution in [1.82, 2.24) is 10.5 Å². The number of benzene rings is 2. The van der Waals surface area contributed by atoms with Gasteiger partial charge in [0.05, 0.1) is 12.5 Å². The van der Waals surface area contributed by atoms with Gasteiger partial charge in [-0.1, -0.05) is 17.8 Å². The first kappa shape index (κ1) is 14.6. The van der Waals surface area contributed by atoms with E-state index >= 15 is 0 Å². The highest BCUT2D eigenvalue weighted by Gasteiger charge is 2.19. The summed E-state index contributed by atoms with van der Waals surface area (Å²) in [6, 6.07) is 8.91. The van der Waals surface area contributed by atoms with Gasteiger partial charge < -0.3 is 19.7 Å². The molecule has 1 heterocycles. The van der Waals surface area contributed by atoms with E-state index < -0.39 is 17.6 Å². The predicted octanol–water partition coefficient (Wildman–Crippen LogP) is 2.32. The van der Waals surface area contributed by atoms with E-state index in [-0.39, 0.29) is 5.69 Å². The van der Waals surface area contributed by atoms with E-state index in [0.29, 0.717) is 16.7 Å². The third-order valence-electron chi connectivity index (χ3n) is 3.40. The van der Waals surface area contributed by atoms with Crippen LogP contribution in [0.2, 0.25) is 0 Å². The van der Waals surface area contributed by atoms with Gasteiger partial charge >= 0.3 is 5.97 Å². The minimum absolute atomic E-state index is 0.000109. The van der Waals surface area contributed by atoms with E-state index in [9.17, 15) is 9.59 Å². The maximum atomic E-state index is 12.1. The number of carboxylic acids is 1. The smallest absolute Gasteiger partial charge is 0.351 e. The highest BCUT2D eigenvalue weighted by atomic mass is 16.5. The van der Waals surface area contributed by atoms with Gasteiger partial charge in [-0.15, -0.1) is 0 Å². The number of carboxylic acid groups (broad SMARTS) is 1. The molecule has 0 aliphatic carbocycles.